The molecule has 0 radical (unpaired) electrons. The molecular formula is C20H18O2. The summed E-state index contributed by atoms with van der Waals surface area (Å²) in [5.41, 5.74) is 4.57. The first-order chi connectivity index (χ1) is 10.8. The summed E-state index contributed by atoms with van der Waals surface area (Å²) < 4.78 is 5.46. The Bertz CT molecular complexity index is 726. The van der Waals surface area contributed by atoms with Gasteiger partial charge in [0.25, 0.3) is 0 Å². The maximum Gasteiger partial charge on any atom is 0.119 e. The van der Waals surface area contributed by atoms with Crippen LogP contribution in [0.4, 0.5) is 0 Å². The Balaban J connectivity index is 1.83. The largest absolute Gasteiger partial charge is 0.508 e. The molecule has 0 aromatic heterocycles. The number of aromatic hydroxyl groups is 1. The molecule has 2 nitrogen and oxygen atoms in total. The Hall–Kier alpha value is -2.74. The molecule has 0 aliphatic rings. The topological polar surface area (TPSA) is 29.5 Å². The lowest BCUT2D eigenvalue weighted by Crippen LogP contribution is -1.90. The van der Waals surface area contributed by atoms with Crippen LogP contribution in [-0.4, -0.2) is 11.7 Å². The summed E-state index contributed by atoms with van der Waals surface area (Å²) in [6.07, 6.45) is 0. The fraction of sp³-hybridized carbons (Fsp3) is 0.100. The van der Waals surface area contributed by atoms with E-state index in [1.54, 1.807) is 12.1 Å². The van der Waals surface area contributed by atoms with Crippen molar-refractivity contribution in [2.24, 2.45) is 0 Å². The van der Waals surface area contributed by atoms with E-state index < -0.39 is 0 Å². The Morgan fingerprint density at radius 1 is 0.636 bits per heavy atom. The van der Waals surface area contributed by atoms with Gasteiger partial charge in [0.1, 0.15) is 11.5 Å². The van der Waals surface area contributed by atoms with Crippen molar-refractivity contribution in [3.63, 3.8) is 0 Å². The molecular weight excluding hydrogens is 272 g/mol. The third-order valence-electron chi connectivity index (χ3n) is 3.58. The van der Waals surface area contributed by atoms with Crippen LogP contribution in [0.25, 0.3) is 22.3 Å². The molecule has 110 valence electrons. The quantitative estimate of drug-likeness (QED) is 0.722. The second-order valence-electron chi connectivity index (χ2n) is 5.08. The molecule has 0 aliphatic carbocycles. The average Bonchev–Trinajstić information content (AvgIpc) is 2.57. The van der Waals surface area contributed by atoms with Gasteiger partial charge in [0.2, 0.25) is 0 Å². The highest BCUT2D eigenvalue weighted by Gasteiger charge is 2.01. The fourth-order valence-corrected chi connectivity index (χ4v) is 2.42. The lowest BCUT2D eigenvalue weighted by atomic mass is 10.0. The van der Waals surface area contributed by atoms with Crippen LogP contribution in [0, 0.1) is 0 Å². The molecule has 0 fully saturated rings. The van der Waals surface area contributed by atoms with Gasteiger partial charge in [-0.3, -0.25) is 0 Å². The standard InChI is InChI=1S/C20H18O2/c1-2-22-20-13-9-18(10-14-20)16-5-3-15(4-6-16)17-7-11-19(21)12-8-17/h3-14,21H,2H2,1H3. The van der Waals surface area contributed by atoms with Crippen LogP contribution in [0.5, 0.6) is 11.5 Å². The van der Waals surface area contributed by atoms with Crippen molar-refractivity contribution in [1.29, 1.82) is 0 Å². The first-order valence-corrected chi connectivity index (χ1v) is 7.39. The molecule has 3 aromatic carbocycles. The molecule has 22 heavy (non-hydrogen) atoms. The van der Waals surface area contributed by atoms with Gasteiger partial charge in [0, 0.05) is 0 Å². The van der Waals surface area contributed by atoms with E-state index in [-0.39, 0.29) is 5.75 Å². The lowest BCUT2D eigenvalue weighted by molar-refractivity contribution is 0.340. The van der Waals surface area contributed by atoms with Gasteiger partial charge < -0.3 is 9.84 Å². The smallest absolute Gasteiger partial charge is 0.119 e. The number of phenolic OH excluding ortho intramolecular Hbond substituents is 1. The van der Waals surface area contributed by atoms with Crippen LogP contribution < -0.4 is 4.74 Å². The van der Waals surface area contributed by atoms with E-state index in [1.807, 2.05) is 31.2 Å². The number of hydrogen-bond donors (Lipinski definition) is 1. The van der Waals surface area contributed by atoms with E-state index >= 15 is 0 Å². The minimum atomic E-state index is 0.287. The normalized spacial score (nSPS) is 10.4. The van der Waals surface area contributed by atoms with Crippen LogP contribution in [0.2, 0.25) is 0 Å². The van der Waals surface area contributed by atoms with Gasteiger partial charge in [-0.25, -0.2) is 0 Å². The summed E-state index contributed by atoms with van der Waals surface area (Å²) in [4.78, 5) is 0. The summed E-state index contributed by atoms with van der Waals surface area (Å²) in [7, 11) is 0. The van der Waals surface area contributed by atoms with Crippen LogP contribution in [0.3, 0.4) is 0 Å². The van der Waals surface area contributed by atoms with Gasteiger partial charge >= 0.3 is 0 Å². The van der Waals surface area contributed by atoms with Crippen molar-refractivity contribution in [2.45, 2.75) is 6.92 Å². The van der Waals surface area contributed by atoms with Gasteiger partial charge in [0.05, 0.1) is 6.61 Å². The molecule has 0 atom stereocenters. The highest BCUT2D eigenvalue weighted by Crippen LogP contribution is 2.27. The van der Waals surface area contributed by atoms with Crippen LogP contribution >= 0.6 is 0 Å². The molecule has 0 heterocycles. The van der Waals surface area contributed by atoms with Crippen molar-refractivity contribution >= 4 is 0 Å². The summed E-state index contributed by atoms with van der Waals surface area (Å²) in [6.45, 7) is 2.66. The van der Waals surface area contributed by atoms with Crippen LogP contribution in [-0.2, 0) is 0 Å². The third kappa shape index (κ3) is 3.12. The monoisotopic (exact) mass is 290 g/mol. The zero-order valence-corrected chi connectivity index (χ0v) is 12.5. The van der Waals surface area contributed by atoms with E-state index in [0.29, 0.717) is 6.61 Å². The van der Waals surface area contributed by atoms with Gasteiger partial charge in [-0.05, 0) is 53.4 Å². The van der Waals surface area contributed by atoms with Crippen molar-refractivity contribution in [2.75, 3.05) is 6.61 Å². The predicted octanol–water partition coefficient (Wildman–Crippen LogP) is 5.12. The summed E-state index contributed by atoms with van der Waals surface area (Å²) >= 11 is 0. The number of hydrogen-bond acceptors (Lipinski definition) is 2. The minimum absolute atomic E-state index is 0.287. The summed E-state index contributed by atoms with van der Waals surface area (Å²) in [5, 5.41) is 9.35. The minimum Gasteiger partial charge on any atom is -0.508 e. The molecule has 0 amide bonds. The number of ether oxygens (including phenoxy) is 1. The molecule has 0 saturated carbocycles. The molecule has 2 heteroatoms. The van der Waals surface area contributed by atoms with Gasteiger partial charge in [-0.2, -0.15) is 0 Å². The maximum absolute atomic E-state index is 9.35. The summed E-state index contributed by atoms with van der Waals surface area (Å²) in [6, 6.07) is 23.8. The van der Waals surface area contributed by atoms with Crippen LogP contribution in [0.1, 0.15) is 6.92 Å². The lowest BCUT2D eigenvalue weighted by Gasteiger charge is -2.07. The van der Waals surface area contributed by atoms with E-state index in [2.05, 4.69) is 36.4 Å². The van der Waals surface area contributed by atoms with Crippen molar-refractivity contribution in [1.82, 2.24) is 0 Å². The van der Waals surface area contributed by atoms with Crippen LogP contribution in [0.15, 0.2) is 72.8 Å². The summed E-state index contributed by atoms with van der Waals surface area (Å²) in [5.74, 6) is 1.18. The van der Waals surface area contributed by atoms with E-state index in [1.165, 1.54) is 11.1 Å². The Labute approximate surface area is 130 Å². The molecule has 0 spiro atoms. The zero-order chi connectivity index (χ0) is 15.4. The molecule has 3 rings (SSSR count). The molecule has 1 N–H and O–H groups in total. The van der Waals surface area contributed by atoms with E-state index in [0.717, 1.165) is 16.9 Å². The van der Waals surface area contributed by atoms with Gasteiger partial charge in [0.15, 0.2) is 0 Å². The number of benzene rings is 3. The highest BCUT2D eigenvalue weighted by atomic mass is 16.5. The first kappa shape index (κ1) is 14.2. The molecule has 0 saturated heterocycles. The number of rotatable bonds is 4. The number of phenols is 1. The van der Waals surface area contributed by atoms with E-state index in [4.69, 9.17) is 4.74 Å². The SMILES string of the molecule is CCOc1ccc(-c2ccc(-c3ccc(O)cc3)cc2)cc1. The van der Waals surface area contributed by atoms with Crippen molar-refractivity contribution in [3.05, 3.63) is 72.8 Å². The Kier molecular flexibility index (Phi) is 4.10. The maximum atomic E-state index is 9.35. The molecule has 0 unspecified atom stereocenters. The third-order valence-corrected chi connectivity index (χ3v) is 3.58. The van der Waals surface area contributed by atoms with Crippen molar-refractivity contribution < 1.29 is 9.84 Å². The Morgan fingerprint density at radius 2 is 1.00 bits per heavy atom. The van der Waals surface area contributed by atoms with Gasteiger partial charge in [-0.15, -0.1) is 0 Å². The zero-order valence-electron chi connectivity index (χ0n) is 12.5. The van der Waals surface area contributed by atoms with E-state index in [9.17, 15) is 5.11 Å². The highest BCUT2D eigenvalue weighted by molar-refractivity contribution is 5.70. The molecule has 3 aromatic rings. The fourth-order valence-electron chi connectivity index (χ4n) is 2.42. The van der Waals surface area contributed by atoms with Gasteiger partial charge in [-0.1, -0.05) is 48.5 Å². The second kappa shape index (κ2) is 6.35. The Morgan fingerprint density at radius 3 is 1.41 bits per heavy atom. The molecule has 0 bridgehead atoms. The predicted molar refractivity (Wildman–Crippen MR) is 90.1 cm³/mol. The molecule has 0 aliphatic heterocycles. The first-order valence-electron chi connectivity index (χ1n) is 7.39. The van der Waals surface area contributed by atoms with Crippen molar-refractivity contribution in [3.8, 4) is 33.8 Å². The second-order valence-corrected chi connectivity index (χ2v) is 5.08. The average molecular weight is 290 g/mol.